The Labute approximate surface area is 129 Å². The van der Waals surface area contributed by atoms with Crippen LogP contribution in [0.3, 0.4) is 0 Å². The van der Waals surface area contributed by atoms with Crippen LogP contribution in [0.1, 0.15) is 16.7 Å². The zero-order valence-electron chi connectivity index (χ0n) is 11.5. The van der Waals surface area contributed by atoms with Gasteiger partial charge in [-0.3, -0.25) is 0 Å². The average molecular weight is 304 g/mol. The molecular weight excluding hydrogens is 289 g/mol. The van der Waals surface area contributed by atoms with Gasteiger partial charge in [-0.25, -0.2) is 0 Å². The van der Waals surface area contributed by atoms with Gasteiger partial charge in [0.25, 0.3) is 0 Å². The normalized spacial score (nSPS) is 14.0. The van der Waals surface area contributed by atoms with Crippen LogP contribution < -0.4 is 4.90 Å². The van der Waals surface area contributed by atoms with E-state index in [9.17, 15) is 0 Å². The summed E-state index contributed by atoms with van der Waals surface area (Å²) in [6.45, 7) is 5.01. The van der Waals surface area contributed by atoms with E-state index in [2.05, 4.69) is 36.9 Å². The van der Waals surface area contributed by atoms with Crippen LogP contribution >= 0.6 is 23.2 Å². The molecule has 1 heterocycles. The molecule has 0 saturated heterocycles. The van der Waals surface area contributed by atoms with E-state index in [1.165, 1.54) is 16.8 Å². The minimum Gasteiger partial charge on any atom is -0.337 e. The summed E-state index contributed by atoms with van der Waals surface area (Å²) in [4.78, 5) is 2.26. The number of fused-ring (bicyclic) bond motifs is 1. The highest BCUT2D eigenvalue weighted by Crippen LogP contribution is 2.39. The van der Waals surface area contributed by atoms with Crippen molar-refractivity contribution in [3.05, 3.63) is 64.2 Å². The van der Waals surface area contributed by atoms with Crippen LogP contribution in [0, 0.1) is 13.8 Å². The lowest BCUT2D eigenvalue weighted by molar-refractivity contribution is 1.07. The fourth-order valence-electron chi connectivity index (χ4n) is 2.67. The third kappa shape index (κ3) is 2.44. The second kappa shape index (κ2) is 5.16. The summed E-state index contributed by atoms with van der Waals surface area (Å²) in [5.74, 6) is 0. The highest BCUT2D eigenvalue weighted by molar-refractivity contribution is 6.49. The Balaban J connectivity index is 2.13. The van der Waals surface area contributed by atoms with Gasteiger partial charge in [0.05, 0.1) is 5.69 Å². The number of hydrogen-bond acceptors (Lipinski definition) is 1. The minimum atomic E-state index is 0.706. The van der Waals surface area contributed by atoms with Crippen LogP contribution in [-0.2, 0) is 0 Å². The molecule has 0 fully saturated rings. The fourth-order valence-corrected chi connectivity index (χ4v) is 3.06. The van der Waals surface area contributed by atoms with E-state index < -0.39 is 0 Å². The Hall–Kier alpha value is -1.44. The van der Waals surface area contributed by atoms with E-state index >= 15 is 0 Å². The first kappa shape index (κ1) is 13.5. The highest BCUT2D eigenvalue weighted by atomic mass is 35.5. The van der Waals surface area contributed by atoms with Gasteiger partial charge in [-0.05, 0) is 61.4 Å². The Bertz CT molecular complexity index is 684. The van der Waals surface area contributed by atoms with Crippen molar-refractivity contribution in [3.8, 4) is 0 Å². The molecule has 3 rings (SSSR count). The molecule has 0 N–H and O–H groups in total. The molecule has 0 radical (unpaired) electrons. The first-order valence-electron chi connectivity index (χ1n) is 6.56. The summed E-state index contributed by atoms with van der Waals surface area (Å²) in [7, 11) is 0. The molecule has 2 aromatic carbocycles. The molecule has 102 valence electrons. The van der Waals surface area contributed by atoms with Gasteiger partial charge in [0.1, 0.15) is 0 Å². The molecule has 2 aromatic rings. The van der Waals surface area contributed by atoms with Crippen LogP contribution in [0.4, 0.5) is 11.4 Å². The van der Waals surface area contributed by atoms with Gasteiger partial charge >= 0.3 is 0 Å². The SMILES string of the molecule is Cc1cc(C)cc(N2CC=C(Cl)c3cc(Cl)ccc32)c1. The number of hydrogen-bond donors (Lipinski definition) is 0. The molecule has 1 nitrogen and oxygen atoms in total. The average Bonchev–Trinajstić information content (AvgIpc) is 2.38. The Kier molecular flexibility index (Phi) is 3.49. The lowest BCUT2D eigenvalue weighted by Gasteiger charge is -2.30. The number of benzene rings is 2. The second-order valence-electron chi connectivity index (χ2n) is 5.17. The molecule has 0 aliphatic carbocycles. The van der Waals surface area contributed by atoms with Crippen molar-refractivity contribution in [1.82, 2.24) is 0 Å². The molecule has 0 saturated carbocycles. The summed E-state index contributed by atoms with van der Waals surface area (Å²) in [5.41, 5.74) is 5.80. The van der Waals surface area contributed by atoms with E-state index in [0.717, 1.165) is 22.8 Å². The van der Waals surface area contributed by atoms with E-state index in [0.29, 0.717) is 5.02 Å². The lowest BCUT2D eigenvalue weighted by Crippen LogP contribution is -2.21. The molecule has 0 aromatic heterocycles. The van der Waals surface area contributed by atoms with Gasteiger partial charge in [0, 0.05) is 27.9 Å². The number of aryl methyl sites for hydroxylation is 2. The third-order valence-corrected chi connectivity index (χ3v) is 4.07. The van der Waals surface area contributed by atoms with Gasteiger partial charge in [0.2, 0.25) is 0 Å². The Morgan fingerprint density at radius 2 is 1.65 bits per heavy atom. The summed E-state index contributed by atoms with van der Waals surface area (Å²) in [6, 6.07) is 12.4. The van der Waals surface area contributed by atoms with Gasteiger partial charge < -0.3 is 4.90 Å². The van der Waals surface area contributed by atoms with Crippen molar-refractivity contribution in [2.24, 2.45) is 0 Å². The quantitative estimate of drug-likeness (QED) is 0.654. The lowest BCUT2D eigenvalue weighted by atomic mass is 10.0. The van der Waals surface area contributed by atoms with Crippen molar-refractivity contribution in [2.75, 3.05) is 11.4 Å². The standard InChI is InChI=1S/C17H15Cl2N/c1-11-7-12(2)9-14(8-11)20-6-5-16(19)15-10-13(18)3-4-17(15)20/h3-5,7-10H,6H2,1-2H3. The maximum Gasteiger partial charge on any atom is 0.0503 e. The predicted octanol–water partition coefficient (Wildman–Crippen LogP) is 5.69. The van der Waals surface area contributed by atoms with Crippen LogP contribution in [0.2, 0.25) is 5.02 Å². The topological polar surface area (TPSA) is 3.24 Å². The summed E-state index contributed by atoms with van der Waals surface area (Å²) < 4.78 is 0. The zero-order valence-corrected chi connectivity index (χ0v) is 13.0. The molecular formula is C17H15Cl2N. The summed E-state index contributed by atoms with van der Waals surface area (Å²) in [5, 5.41) is 1.47. The largest absolute Gasteiger partial charge is 0.337 e. The summed E-state index contributed by atoms with van der Waals surface area (Å²) in [6.07, 6.45) is 2.03. The monoisotopic (exact) mass is 303 g/mol. The molecule has 1 aliphatic rings. The van der Waals surface area contributed by atoms with Crippen molar-refractivity contribution < 1.29 is 0 Å². The molecule has 0 unspecified atom stereocenters. The van der Waals surface area contributed by atoms with Crippen molar-refractivity contribution in [2.45, 2.75) is 13.8 Å². The molecule has 3 heteroatoms. The third-order valence-electron chi connectivity index (χ3n) is 3.48. The van der Waals surface area contributed by atoms with E-state index in [4.69, 9.17) is 23.2 Å². The second-order valence-corrected chi connectivity index (χ2v) is 6.01. The highest BCUT2D eigenvalue weighted by Gasteiger charge is 2.19. The molecule has 0 atom stereocenters. The Morgan fingerprint density at radius 3 is 2.35 bits per heavy atom. The molecule has 0 amide bonds. The fraction of sp³-hybridized carbons (Fsp3) is 0.176. The maximum absolute atomic E-state index is 6.31. The number of rotatable bonds is 1. The molecule has 0 bridgehead atoms. The smallest absolute Gasteiger partial charge is 0.0503 e. The number of nitrogens with zero attached hydrogens (tertiary/aromatic N) is 1. The summed E-state index contributed by atoms with van der Waals surface area (Å²) >= 11 is 12.4. The van der Waals surface area contributed by atoms with Gasteiger partial charge in [-0.1, -0.05) is 29.3 Å². The predicted molar refractivity (Wildman–Crippen MR) is 88.2 cm³/mol. The van der Waals surface area contributed by atoms with E-state index in [-0.39, 0.29) is 0 Å². The maximum atomic E-state index is 6.31. The molecule has 20 heavy (non-hydrogen) atoms. The first-order chi connectivity index (χ1) is 9.54. The van der Waals surface area contributed by atoms with Crippen molar-refractivity contribution in [3.63, 3.8) is 0 Å². The van der Waals surface area contributed by atoms with Crippen LogP contribution in [-0.4, -0.2) is 6.54 Å². The molecule has 1 aliphatic heterocycles. The first-order valence-corrected chi connectivity index (χ1v) is 7.31. The van der Waals surface area contributed by atoms with Gasteiger partial charge in [-0.15, -0.1) is 0 Å². The Morgan fingerprint density at radius 1 is 0.950 bits per heavy atom. The zero-order chi connectivity index (χ0) is 14.3. The molecule has 0 spiro atoms. The van der Waals surface area contributed by atoms with Crippen LogP contribution in [0.5, 0.6) is 0 Å². The van der Waals surface area contributed by atoms with E-state index in [1.54, 1.807) is 0 Å². The van der Waals surface area contributed by atoms with Crippen molar-refractivity contribution in [1.29, 1.82) is 0 Å². The van der Waals surface area contributed by atoms with Crippen molar-refractivity contribution >= 4 is 39.6 Å². The number of halogens is 2. The van der Waals surface area contributed by atoms with E-state index in [1.807, 2.05) is 24.3 Å². The van der Waals surface area contributed by atoms with Crippen LogP contribution in [0.25, 0.3) is 5.03 Å². The van der Waals surface area contributed by atoms with Crippen LogP contribution in [0.15, 0.2) is 42.5 Å². The minimum absolute atomic E-state index is 0.706. The van der Waals surface area contributed by atoms with Gasteiger partial charge in [0.15, 0.2) is 0 Å². The van der Waals surface area contributed by atoms with Gasteiger partial charge in [-0.2, -0.15) is 0 Å². The number of anilines is 2.